The van der Waals surface area contributed by atoms with E-state index in [1.54, 1.807) is 37.6 Å². The Labute approximate surface area is 111 Å². The molecule has 3 N–H and O–H groups in total. The van der Waals surface area contributed by atoms with Crippen LogP contribution < -0.4 is 15.8 Å². The van der Waals surface area contributed by atoms with Crippen molar-refractivity contribution in [2.24, 2.45) is 0 Å². The third kappa shape index (κ3) is 3.01. The van der Waals surface area contributed by atoms with Gasteiger partial charge in [0.15, 0.2) is 0 Å². The first kappa shape index (κ1) is 12.9. The molecule has 2 rings (SSSR count). The van der Waals surface area contributed by atoms with E-state index < -0.39 is 0 Å². The Hall–Kier alpha value is -2.56. The summed E-state index contributed by atoms with van der Waals surface area (Å²) in [6.07, 6.45) is 1.60. The van der Waals surface area contributed by atoms with E-state index in [4.69, 9.17) is 10.5 Å². The highest BCUT2D eigenvalue weighted by molar-refractivity contribution is 6.07. The van der Waals surface area contributed by atoms with Crippen LogP contribution >= 0.6 is 0 Å². The molecule has 19 heavy (non-hydrogen) atoms. The minimum atomic E-state index is -0.272. The second kappa shape index (κ2) is 5.39. The highest BCUT2D eigenvalue weighted by Crippen LogP contribution is 2.20. The zero-order chi connectivity index (χ0) is 13.8. The van der Waals surface area contributed by atoms with Crippen molar-refractivity contribution in [2.45, 2.75) is 6.92 Å². The van der Waals surface area contributed by atoms with Crippen molar-refractivity contribution < 1.29 is 9.53 Å². The van der Waals surface area contributed by atoms with Gasteiger partial charge in [-0.15, -0.1) is 0 Å². The molecular weight excluding hydrogens is 242 g/mol. The van der Waals surface area contributed by atoms with Gasteiger partial charge in [-0.2, -0.15) is 0 Å². The van der Waals surface area contributed by atoms with Crippen molar-refractivity contribution in [2.75, 3.05) is 18.2 Å². The highest BCUT2D eigenvalue weighted by Gasteiger charge is 2.10. The number of nitrogens with zero attached hydrogens (tertiary/aromatic N) is 1. The number of amides is 1. The lowest BCUT2D eigenvalue weighted by Gasteiger charge is -2.08. The van der Waals surface area contributed by atoms with Gasteiger partial charge in [-0.25, -0.2) is 0 Å². The predicted octanol–water partition coefficient (Wildman–Crippen LogP) is 2.23. The Morgan fingerprint density at radius 2 is 2.11 bits per heavy atom. The fourth-order valence-corrected chi connectivity index (χ4v) is 1.61. The average Bonchev–Trinajstić information content (AvgIpc) is 2.41. The average molecular weight is 257 g/mol. The van der Waals surface area contributed by atoms with E-state index in [0.717, 1.165) is 5.69 Å². The second-order valence-electron chi connectivity index (χ2n) is 4.10. The molecule has 1 heterocycles. The summed E-state index contributed by atoms with van der Waals surface area (Å²) in [6.45, 7) is 1.88. The number of carbonyl (C=O) groups is 1. The van der Waals surface area contributed by atoms with Gasteiger partial charge in [0.1, 0.15) is 5.75 Å². The molecule has 1 amide bonds. The first-order chi connectivity index (χ1) is 9.10. The van der Waals surface area contributed by atoms with Crippen molar-refractivity contribution in [3.8, 4) is 5.75 Å². The van der Waals surface area contributed by atoms with E-state index in [2.05, 4.69) is 10.3 Å². The number of nitrogens with one attached hydrogen (secondary N) is 1. The van der Waals surface area contributed by atoms with Gasteiger partial charge in [0.25, 0.3) is 5.91 Å². The number of benzene rings is 1. The minimum Gasteiger partial charge on any atom is -0.497 e. The van der Waals surface area contributed by atoms with Gasteiger partial charge in [0.05, 0.1) is 24.6 Å². The molecule has 0 atom stereocenters. The number of pyridine rings is 1. The third-order valence-electron chi connectivity index (χ3n) is 2.67. The minimum absolute atomic E-state index is 0.272. The van der Waals surface area contributed by atoms with Crippen molar-refractivity contribution in [1.29, 1.82) is 0 Å². The number of hydrogen-bond donors (Lipinski definition) is 2. The van der Waals surface area contributed by atoms with E-state index in [1.165, 1.54) is 0 Å². The Bertz CT molecular complexity index is 594. The smallest absolute Gasteiger partial charge is 0.257 e. The zero-order valence-corrected chi connectivity index (χ0v) is 10.8. The third-order valence-corrected chi connectivity index (χ3v) is 2.67. The predicted molar refractivity (Wildman–Crippen MR) is 74.3 cm³/mol. The number of carbonyl (C=O) groups excluding carboxylic acids is 1. The Balaban J connectivity index is 2.18. The number of anilines is 2. The molecule has 5 nitrogen and oxygen atoms in total. The summed E-state index contributed by atoms with van der Waals surface area (Å²) in [4.78, 5) is 16.2. The molecular formula is C14H15N3O2. The number of nitrogens with two attached hydrogens (primary N) is 1. The summed E-state index contributed by atoms with van der Waals surface area (Å²) in [6, 6.07) is 8.55. The van der Waals surface area contributed by atoms with Gasteiger partial charge in [-0.05, 0) is 31.2 Å². The van der Waals surface area contributed by atoms with Gasteiger partial charge < -0.3 is 15.8 Å². The molecule has 0 radical (unpaired) electrons. The Morgan fingerprint density at radius 1 is 1.32 bits per heavy atom. The Morgan fingerprint density at radius 3 is 2.68 bits per heavy atom. The van der Waals surface area contributed by atoms with Gasteiger partial charge in [-0.1, -0.05) is 0 Å². The van der Waals surface area contributed by atoms with E-state index >= 15 is 0 Å². The molecule has 0 saturated heterocycles. The molecule has 0 aliphatic rings. The molecule has 0 saturated carbocycles. The number of aromatic nitrogens is 1. The number of rotatable bonds is 3. The van der Waals surface area contributed by atoms with Crippen LogP contribution in [0.2, 0.25) is 0 Å². The van der Waals surface area contributed by atoms with Crippen LogP contribution in [0.25, 0.3) is 0 Å². The molecule has 0 bridgehead atoms. The maximum atomic E-state index is 12.1. The van der Waals surface area contributed by atoms with Crippen molar-refractivity contribution in [3.63, 3.8) is 0 Å². The van der Waals surface area contributed by atoms with E-state index in [-0.39, 0.29) is 5.91 Å². The molecule has 1 aromatic carbocycles. The quantitative estimate of drug-likeness (QED) is 0.827. The zero-order valence-electron chi connectivity index (χ0n) is 10.8. The molecule has 5 heteroatoms. The molecule has 0 fully saturated rings. The van der Waals surface area contributed by atoms with Gasteiger partial charge in [-0.3, -0.25) is 9.78 Å². The van der Waals surface area contributed by atoms with Crippen molar-refractivity contribution in [3.05, 3.63) is 47.8 Å². The van der Waals surface area contributed by atoms with Gasteiger partial charge >= 0.3 is 0 Å². The SMILES string of the molecule is COc1ccc(C(=O)Nc2ccc(C)nc2)c(N)c1. The standard InChI is InChI=1S/C14H15N3O2/c1-9-3-4-10(8-16-9)17-14(18)12-6-5-11(19-2)7-13(12)15/h3-8H,15H2,1-2H3,(H,17,18). The van der Waals surface area contributed by atoms with Crippen LogP contribution in [-0.2, 0) is 0 Å². The van der Waals surface area contributed by atoms with E-state index in [1.807, 2.05) is 13.0 Å². The first-order valence-electron chi connectivity index (χ1n) is 5.77. The lowest BCUT2D eigenvalue weighted by Crippen LogP contribution is -2.14. The summed E-state index contributed by atoms with van der Waals surface area (Å²) in [5.41, 5.74) is 8.12. The van der Waals surface area contributed by atoms with Crippen LogP contribution in [0.4, 0.5) is 11.4 Å². The summed E-state index contributed by atoms with van der Waals surface area (Å²) >= 11 is 0. The fourth-order valence-electron chi connectivity index (χ4n) is 1.61. The number of hydrogen-bond acceptors (Lipinski definition) is 4. The summed E-state index contributed by atoms with van der Waals surface area (Å²) < 4.78 is 5.04. The van der Waals surface area contributed by atoms with Crippen LogP contribution in [0.15, 0.2) is 36.5 Å². The number of nitrogen functional groups attached to an aromatic ring is 1. The lowest BCUT2D eigenvalue weighted by molar-refractivity contribution is 0.102. The Kier molecular flexibility index (Phi) is 3.66. The van der Waals surface area contributed by atoms with E-state index in [9.17, 15) is 4.79 Å². The largest absolute Gasteiger partial charge is 0.497 e. The van der Waals surface area contributed by atoms with Crippen LogP contribution in [0.5, 0.6) is 5.75 Å². The number of methoxy groups -OCH3 is 1. The highest BCUT2D eigenvalue weighted by atomic mass is 16.5. The van der Waals surface area contributed by atoms with Crippen LogP contribution in [0, 0.1) is 6.92 Å². The molecule has 1 aromatic heterocycles. The maximum absolute atomic E-state index is 12.1. The molecule has 0 aliphatic heterocycles. The topological polar surface area (TPSA) is 77.2 Å². The number of aryl methyl sites for hydroxylation is 1. The van der Waals surface area contributed by atoms with Crippen molar-refractivity contribution in [1.82, 2.24) is 4.98 Å². The fraction of sp³-hybridized carbons (Fsp3) is 0.143. The lowest BCUT2D eigenvalue weighted by atomic mass is 10.1. The summed E-state index contributed by atoms with van der Waals surface area (Å²) in [7, 11) is 1.55. The van der Waals surface area contributed by atoms with E-state index in [0.29, 0.717) is 22.7 Å². The first-order valence-corrected chi connectivity index (χ1v) is 5.77. The summed E-state index contributed by atoms with van der Waals surface area (Å²) in [5.74, 6) is 0.344. The maximum Gasteiger partial charge on any atom is 0.257 e. The van der Waals surface area contributed by atoms with Crippen LogP contribution in [0.3, 0.4) is 0 Å². The van der Waals surface area contributed by atoms with Crippen LogP contribution in [-0.4, -0.2) is 18.0 Å². The molecule has 98 valence electrons. The van der Waals surface area contributed by atoms with Gasteiger partial charge in [0.2, 0.25) is 0 Å². The summed E-state index contributed by atoms with van der Waals surface area (Å²) in [5, 5.41) is 2.74. The molecule has 0 spiro atoms. The number of ether oxygens (including phenoxy) is 1. The van der Waals surface area contributed by atoms with Gasteiger partial charge in [0, 0.05) is 17.4 Å². The van der Waals surface area contributed by atoms with Crippen LogP contribution in [0.1, 0.15) is 16.1 Å². The molecule has 0 aliphatic carbocycles. The molecule has 0 unspecified atom stereocenters. The normalized spacial score (nSPS) is 10.0. The monoisotopic (exact) mass is 257 g/mol. The molecule has 2 aromatic rings. The van der Waals surface area contributed by atoms with Crippen molar-refractivity contribution >= 4 is 17.3 Å². The second-order valence-corrected chi connectivity index (χ2v) is 4.10.